The van der Waals surface area contributed by atoms with Crippen molar-refractivity contribution in [1.29, 1.82) is 0 Å². The van der Waals surface area contributed by atoms with Gasteiger partial charge in [-0.3, -0.25) is 0 Å². The van der Waals surface area contributed by atoms with E-state index in [0.29, 0.717) is 0 Å². The molecule has 0 unspecified atom stereocenters. The van der Waals surface area contributed by atoms with Crippen molar-refractivity contribution in [2.45, 2.75) is 13.3 Å². The highest BCUT2D eigenvalue weighted by molar-refractivity contribution is 5.48. The summed E-state index contributed by atoms with van der Waals surface area (Å²) in [6.45, 7) is 2.11. The molecule has 0 aliphatic rings. The van der Waals surface area contributed by atoms with Gasteiger partial charge in [-0.2, -0.15) is 0 Å². The van der Waals surface area contributed by atoms with Gasteiger partial charge < -0.3 is 5.11 Å². The van der Waals surface area contributed by atoms with E-state index in [1.807, 2.05) is 43.3 Å². The van der Waals surface area contributed by atoms with Gasteiger partial charge in [-0.15, -0.1) is 5.73 Å². The molecule has 0 amide bonds. The third-order valence-electron chi connectivity index (χ3n) is 1.86. The Kier molecular flexibility index (Phi) is 4.04. The minimum atomic E-state index is 0.0971. The van der Waals surface area contributed by atoms with Crippen molar-refractivity contribution in [3.8, 4) is 0 Å². The second-order valence-electron chi connectivity index (χ2n) is 2.81. The highest BCUT2D eigenvalue weighted by atomic mass is 16.3. The van der Waals surface area contributed by atoms with E-state index >= 15 is 0 Å². The third-order valence-corrected chi connectivity index (χ3v) is 1.86. The van der Waals surface area contributed by atoms with E-state index in [1.54, 1.807) is 0 Å². The van der Waals surface area contributed by atoms with Crippen molar-refractivity contribution in [3.63, 3.8) is 0 Å². The quantitative estimate of drug-likeness (QED) is 0.698. The third kappa shape index (κ3) is 3.29. The van der Waals surface area contributed by atoms with Crippen LogP contribution >= 0.6 is 0 Å². The molecule has 1 nitrogen and oxygen atoms in total. The fraction of sp³-hybridized carbons (Fsp3) is 0.250. The van der Waals surface area contributed by atoms with Crippen LogP contribution in [0.4, 0.5) is 0 Å². The molecule has 0 heterocycles. The first-order valence-electron chi connectivity index (χ1n) is 4.47. The summed E-state index contributed by atoms with van der Waals surface area (Å²) in [4.78, 5) is 0. The van der Waals surface area contributed by atoms with Gasteiger partial charge in [-0.05, 0) is 23.6 Å². The molecule has 0 aliphatic carbocycles. The zero-order valence-electron chi connectivity index (χ0n) is 7.83. The van der Waals surface area contributed by atoms with Gasteiger partial charge in [-0.25, -0.2) is 0 Å². The van der Waals surface area contributed by atoms with E-state index in [9.17, 15) is 0 Å². The molecule has 68 valence electrons. The molecule has 0 bridgehead atoms. The van der Waals surface area contributed by atoms with Gasteiger partial charge in [0.25, 0.3) is 0 Å². The first kappa shape index (κ1) is 9.79. The van der Waals surface area contributed by atoms with Crippen LogP contribution in [0.25, 0.3) is 6.08 Å². The smallest absolute Gasteiger partial charge is 0.0715 e. The lowest BCUT2D eigenvalue weighted by molar-refractivity contribution is 0.328. The van der Waals surface area contributed by atoms with Crippen molar-refractivity contribution in [3.05, 3.63) is 47.2 Å². The monoisotopic (exact) mass is 174 g/mol. The largest absolute Gasteiger partial charge is 0.391 e. The molecular formula is C12H14O. The summed E-state index contributed by atoms with van der Waals surface area (Å²) >= 11 is 0. The van der Waals surface area contributed by atoms with E-state index in [0.717, 1.165) is 17.6 Å². The minimum absolute atomic E-state index is 0.0971. The predicted molar refractivity (Wildman–Crippen MR) is 55.3 cm³/mol. The molecule has 0 atom stereocenters. The molecule has 0 spiro atoms. The molecule has 0 saturated carbocycles. The Morgan fingerprint density at radius 2 is 2.08 bits per heavy atom. The Bertz CT molecular complexity index is 299. The van der Waals surface area contributed by atoms with Crippen LogP contribution < -0.4 is 0 Å². The fourth-order valence-corrected chi connectivity index (χ4v) is 0.994. The second-order valence-corrected chi connectivity index (χ2v) is 2.81. The molecule has 0 fully saturated rings. The van der Waals surface area contributed by atoms with Crippen LogP contribution in [0.1, 0.15) is 18.9 Å². The van der Waals surface area contributed by atoms with Crippen molar-refractivity contribution < 1.29 is 5.11 Å². The number of hydrogen-bond acceptors (Lipinski definition) is 1. The summed E-state index contributed by atoms with van der Waals surface area (Å²) in [5.74, 6) is 0. The SMILES string of the molecule is CCC(=C=Cc1ccccc1)CO. The Hall–Kier alpha value is -1.30. The van der Waals surface area contributed by atoms with Gasteiger partial charge in [0.15, 0.2) is 0 Å². The van der Waals surface area contributed by atoms with Crippen LogP contribution in [-0.2, 0) is 0 Å². The average molecular weight is 174 g/mol. The van der Waals surface area contributed by atoms with Crippen LogP contribution in [0.3, 0.4) is 0 Å². The van der Waals surface area contributed by atoms with E-state index in [1.165, 1.54) is 0 Å². The Morgan fingerprint density at radius 3 is 2.62 bits per heavy atom. The van der Waals surface area contributed by atoms with Crippen LogP contribution in [0, 0.1) is 0 Å². The highest BCUT2D eigenvalue weighted by Crippen LogP contribution is 2.02. The van der Waals surface area contributed by atoms with E-state index < -0.39 is 0 Å². The molecule has 13 heavy (non-hydrogen) atoms. The molecule has 0 aromatic heterocycles. The van der Waals surface area contributed by atoms with Crippen LogP contribution in [0.15, 0.2) is 41.6 Å². The molecule has 0 radical (unpaired) electrons. The zero-order chi connectivity index (χ0) is 9.52. The minimum Gasteiger partial charge on any atom is -0.391 e. The lowest BCUT2D eigenvalue weighted by Gasteiger charge is -1.92. The van der Waals surface area contributed by atoms with E-state index in [4.69, 9.17) is 5.11 Å². The first-order chi connectivity index (χ1) is 6.36. The van der Waals surface area contributed by atoms with Crippen LogP contribution in [0.5, 0.6) is 0 Å². The normalized spacial score (nSPS) is 9.08. The molecule has 1 rings (SSSR count). The topological polar surface area (TPSA) is 20.2 Å². The molecule has 1 aromatic rings. The number of aliphatic hydroxyl groups is 1. The predicted octanol–water partition coefficient (Wildman–Crippen LogP) is 2.63. The summed E-state index contributed by atoms with van der Waals surface area (Å²) < 4.78 is 0. The lowest BCUT2D eigenvalue weighted by atomic mass is 10.2. The average Bonchev–Trinajstić information content (AvgIpc) is 2.21. The second kappa shape index (κ2) is 5.36. The summed E-state index contributed by atoms with van der Waals surface area (Å²) in [6.07, 6.45) is 2.74. The van der Waals surface area contributed by atoms with Crippen LogP contribution in [0.2, 0.25) is 0 Å². The molecule has 0 aliphatic heterocycles. The van der Waals surface area contributed by atoms with Gasteiger partial charge in [0.1, 0.15) is 0 Å². The number of aliphatic hydroxyl groups excluding tert-OH is 1. The van der Waals surface area contributed by atoms with Gasteiger partial charge in [0, 0.05) is 0 Å². The number of benzene rings is 1. The summed E-state index contributed by atoms with van der Waals surface area (Å²) in [5.41, 5.74) is 5.12. The van der Waals surface area contributed by atoms with E-state index in [-0.39, 0.29) is 6.61 Å². The zero-order valence-corrected chi connectivity index (χ0v) is 7.83. The lowest BCUT2D eigenvalue weighted by Crippen LogP contribution is -1.84. The Balaban J connectivity index is 2.83. The Morgan fingerprint density at radius 1 is 1.38 bits per heavy atom. The maximum absolute atomic E-state index is 8.88. The van der Waals surface area contributed by atoms with Crippen molar-refractivity contribution in [1.82, 2.24) is 0 Å². The number of hydrogen-bond donors (Lipinski definition) is 1. The first-order valence-corrected chi connectivity index (χ1v) is 4.47. The van der Waals surface area contributed by atoms with Crippen molar-refractivity contribution >= 4 is 6.08 Å². The van der Waals surface area contributed by atoms with Crippen molar-refractivity contribution in [2.24, 2.45) is 0 Å². The Labute approximate surface area is 79.0 Å². The molecule has 1 N–H and O–H groups in total. The maximum Gasteiger partial charge on any atom is 0.0715 e. The van der Waals surface area contributed by atoms with Gasteiger partial charge in [0.05, 0.1) is 6.61 Å². The van der Waals surface area contributed by atoms with Crippen molar-refractivity contribution in [2.75, 3.05) is 6.61 Å². The standard InChI is InChI=1S/C12H14O/c1-2-11(10-13)8-9-12-6-4-3-5-7-12/h3-7,9,13H,2,10H2,1H3. The van der Waals surface area contributed by atoms with Gasteiger partial charge >= 0.3 is 0 Å². The molecular weight excluding hydrogens is 160 g/mol. The molecule has 1 aromatic carbocycles. The summed E-state index contributed by atoms with van der Waals surface area (Å²) in [5, 5.41) is 8.88. The summed E-state index contributed by atoms with van der Waals surface area (Å²) in [7, 11) is 0. The van der Waals surface area contributed by atoms with E-state index in [2.05, 4.69) is 5.73 Å². The fourth-order valence-electron chi connectivity index (χ4n) is 0.994. The molecule has 1 heteroatoms. The van der Waals surface area contributed by atoms with Gasteiger partial charge in [-0.1, -0.05) is 37.3 Å². The highest BCUT2D eigenvalue weighted by Gasteiger charge is 1.86. The van der Waals surface area contributed by atoms with Crippen LogP contribution in [-0.4, -0.2) is 11.7 Å². The van der Waals surface area contributed by atoms with Gasteiger partial charge in [0.2, 0.25) is 0 Å². The maximum atomic E-state index is 8.88. The summed E-state index contributed by atoms with van der Waals surface area (Å²) in [6, 6.07) is 9.97. The number of rotatable bonds is 3. The molecule has 0 saturated heterocycles.